The third-order valence-electron chi connectivity index (χ3n) is 3.28. The van der Waals surface area contributed by atoms with E-state index in [9.17, 15) is 0 Å². The fraction of sp³-hybridized carbons (Fsp3) is 0.438. The van der Waals surface area contributed by atoms with Crippen LogP contribution in [0.5, 0.6) is 0 Å². The summed E-state index contributed by atoms with van der Waals surface area (Å²) in [5.41, 5.74) is 2.34. The van der Waals surface area contributed by atoms with Crippen molar-refractivity contribution in [1.29, 1.82) is 0 Å². The minimum Gasteiger partial charge on any atom is -0.370 e. The molecule has 0 radical (unpaired) electrons. The predicted molar refractivity (Wildman–Crippen MR) is 82.8 cm³/mol. The SMILES string of the molecule is CCN(CCNC(C)C)c1ccnc2ccccc12. The van der Waals surface area contributed by atoms with E-state index in [1.54, 1.807) is 0 Å². The first kappa shape index (κ1) is 13.8. The second-order valence-corrected chi connectivity index (χ2v) is 5.04. The van der Waals surface area contributed by atoms with Gasteiger partial charge < -0.3 is 10.2 Å². The van der Waals surface area contributed by atoms with Crippen molar-refractivity contribution < 1.29 is 0 Å². The number of nitrogens with one attached hydrogen (secondary N) is 1. The van der Waals surface area contributed by atoms with Crippen LogP contribution in [-0.2, 0) is 0 Å². The van der Waals surface area contributed by atoms with Gasteiger partial charge in [0.2, 0.25) is 0 Å². The molecule has 0 saturated carbocycles. The van der Waals surface area contributed by atoms with Crippen molar-refractivity contribution in [3.05, 3.63) is 36.5 Å². The number of aromatic nitrogens is 1. The summed E-state index contributed by atoms with van der Waals surface area (Å²) in [6.45, 7) is 9.58. The molecular formula is C16H23N3. The summed E-state index contributed by atoms with van der Waals surface area (Å²) in [4.78, 5) is 6.83. The van der Waals surface area contributed by atoms with E-state index >= 15 is 0 Å². The van der Waals surface area contributed by atoms with Crippen LogP contribution in [0.3, 0.4) is 0 Å². The first-order valence-electron chi connectivity index (χ1n) is 7.04. The van der Waals surface area contributed by atoms with Crippen LogP contribution < -0.4 is 10.2 Å². The number of rotatable bonds is 6. The number of para-hydroxylation sites is 1. The molecule has 0 bridgehead atoms. The van der Waals surface area contributed by atoms with Crippen molar-refractivity contribution in [3.63, 3.8) is 0 Å². The van der Waals surface area contributed by atoms with Crippen molar-refractivity contribution in [3.8, 4) is 0 Å². The zero-order valence-electron chi connectivity index (χ0n) is 12.1. The third-order valence-corrected chi connectivity index (χ3v) is 3.28. The van der Waals surface area contributed by atoms with Crippen LogP contribution in [0.2, 0.25) is 0 Å². The molecule has 0 amide bonds. The first-order valence-corrected chi connectivity index (χ1v) is 7.04. The van der Waals surface area contributed by atoms with E-state index in [1.165, 1.54) is 11.1 Å². The average molecular weight is 257 g/mol. The number of pyridine rings is 1. The molecule has 0 atom stereocenters. The summed E-state index contributed by atoms with van der Waals surface area (Å²) >= 11 is 0. The molecule has 0 fully saturated rings. The van der Waals surface area contributed by atoms with E-state index in [4.69, 9.17) is 0 Å². The maximum absolute atomic E-state index is 4.42. The van der Waals surface area contributed by atoms with Crippen LogP contribution in [0.4, 0.5) is 5.69 Å². The van der Waals surface area contributed by atoms with E-state index in [0.717, 1.165) is 25.2 Å². The highest BCUT2D eigenvalue weighted by atomic mass is 15.1. The van der Waals surface area contributed by atoms with Crippen molar-refractivity contribution >= 4 is 16.6 Å². The lowest BCUT2D eigenvalue weighted by molar-refractivity contribution is 0.584. The van der Waals surface area contributed by atoms with Gasteiger partial charge in [-0.3, -0.25) is 4.98 Å². The Morgan fingerprint density at radius 2 is 2.00 bits per heavy atom. The van der Waals surface area contributed by atoms with Crippen molar-refractivity contribution in [2.24, 2.45) is 0 Å². The highest BCUT2D eigenvalue weighted by molar-refractivity contribution is 5.91. The number of anilines is 1. The zero-order chi connectivity index (χ0) is 13.7. The lowest BCUT2D eigenvalue weighted by Gasteiger charge is -2.25. The summed E-state index contributed by atoms with van der Waals surface area (Å²) in [6, 6.07) is 11.0. The smallest absolute Gasteiger partial charge is 0.0722 e. The normalized spacial score (nSPS) is 11.2. The van der Waals surface area contributed by atoms with E-state index in [1.807, 2.05) is 12.3 Å². The van der Waals surface area contributed by atoms with Crippen LogP contribution in [0.25, 0.3) is 10.9 Å². The van der Waals surface area contributed by atoms with Gasteiger partial charge in [-0.15, -0.1) is 0 Å². The Labute approximate surface area is 115 Å². The molecule has 0 aliphatic heterocycles. The maximum atomic E-state index is 4.42. The molecule has 0 spiro atoms. The van der Waals surface area contributed by atoms with Gasteiger partial charge in [0, 0.05) is 42.9 Å². The van der Waals surface area contributed by atoms with Crippen LogP contribution in [-0.4, -0.2) is 30.7 Å². The molecule has 1 aromatic carbocycles. The molecule has 1 N–H and O–H groups in total. The number of hydrogen-bond acceptors (Lipinski definition) is 3. The Bertz CT molecular complexity index is 517. The Balaban J connectivity index is 2.20. The fourth-order valence-corrected chi connectivity index (χ4v) is 2.29. The number of likely N-dealkylation sites (N-methyl/N-ethyl adjacent to an activating group) is 1. The van der Waals surface area contributed by atoms with Gasteiger partial charge >= 0.3 is 0 Å². The first-order chi connectivity index (χ1) is 9.22. The highest BCUT2D eigenvalue weighted by Crippen LogP contribution is 2.24. The molecule has 3 heteroatoms. The van der Waals surface area contributed by atoms with E-state index in [-0.39, 0.29) is 0 Å². The lowest BCUT2D eigenvalue weighted by atomic mass is 10.1. The molecule has 1 aromatic heterocycles. The topological polar surface area (TPSA) is 28.2 Å². The third kappa shape index (κ3) is 3.44. The molecule has 2 rings (SSSR count). The van der Waals surface area contributed by atoms with E-state index in [2.05, 4.69) is 60.2 Å². The fourth-order valence-electron chi connectivity index (χ4n) is 2.29. The number of benzene rings is 1. The lowest BCUT2D eigenvalue weighted by Crippen LogP contribution is -2.35. The minimum atomic E-state index is 0.535. The van der Waals surface area contributed by atoms with Gasteiger partial charge in [-0.05, 0) is 19.1 Å². The highest BCUT2D eigenvalue weighted by Gasteiger charge is 2.08. The van der Waals surface area contributed by atoms with Gasteiger partial charge in [-0.2, -0.15) is 0 Å². The quantitative estimate of drug-likeness (QED) is 0.862. The van der Waals surface area contributed by atoms with Gasteiger partial charge in [0.1, 0.15) is 0 Å². The Morgan fingerprint density at radius 1 is 1.21 bits per heavy atom. The molecule has 19 heavy (non-hydrogen) atoms. The molecule has 0 unspecified atom stereocenters. The molecule has 0 aliphatic carbocycles. The Kier molecular flexibility index (Phi) is 4.74. The van der Waals surface area contributed by atoms with Crippen LogP contribution in [0, 0.1) is 0 Å². The molecule has 3 nitrogen and oxygen atoms in total. The number of fused-ring (bicyclic) bond motifs is 1. The van der Waals surface area contributed by atoms with E-state index < -0.39 is 0 Å². The summed E-state index contributed by atoms with van der Waals surface area (Å²) in [5, 5.41) is 4.70. The van der Waals surface area contributed by atoms with Crippen molar-refractivity contribution in [2.45, 2.75) is 26.8 Å². The zero-order valence-corrected chi connectivity index (χ0v) is 12.1. The molecular weight excluding hydrogens is 234 g/mol. The summed E-state index contributed by atoms with van der Waals surface area (Å²) in [5.74, 6) is 0. The van der Waals surface area contributed by atoms with Gasteiger partial charge in [0.15, 0.2) is 0 Å². The largest absolute Gasteiger partial charge is 0.370 e. The molecule has 102 valence electrons. The average Bonchev–Trinajstić information content (AvgIpc) is 2.43. The summed E-state index contributed by atoms with van der Waals surface area (Å²) in [7, 11) is 0. The van der Waals surface area contributed by atoms with Gasteiger partial charge in [-0.25, -0.2) is 0 Å². The Hall–Kier alpha value is -1.61. The Morgan fingerprint density at radius 3 is 2.74 bits per heavy atom. The molecule has 0 aliphatic rings. The van der Waals surface area contributed by atoms with Crippen LogP contribution in [0.1, 0.15) is 20.8 Å². The van der Waals surface area contributed by atoms with Gasteiger partial charge in [0.25, 0.3) is 0 Å². The number of hydrogen-bond donors (Lipinski definition) is 1. The second-order valence-electron chi connectivity index (χ2n) is 5.04. The summed E-state index contributed by atoms with van der Waals surface area (Å²) in [6.07, 6.45) is 1.90. The molecule has 2 aromatic rings. The predicted octanol–water partition coefficient (Wildman–Crippen LogP) is 3.06. The number of nitrogens with zero attached hydrogens (tertiary/aromatic N) is 2. The second kappa shape index (κ2) is 6.53. The van der Waals surface area contributed by atoms with Crippen molar-refractivity contribution in [1.82, 2.24) is 10.3 Å². The molecule has 1 heterocycles. The van der Waals surface area contributed by atoms with Gasteiger partial charge in [-0.1, -0.05) is 32.0 Å². The maximum Gasteiger partial charge on any atom is 0.0722 e. The monoisotopic (exact) mass is 257 g/mol. The van der Waals surface area contributed by atoms with Crippen LogP contribution in [0.15, 0.2) is 36.5 Å². The van der Waals surface area contributed by atoms with Gasteiger partial charge in [0.05, 0.1) is 5.52 Å². The minimum absolute atomic E-state index is 0.535. The van der Waals surface area contributed by atoms with Crippen LogP contribution >= 0.6 is 0 Å². The summed E-state index contributed by atoms with van der Waals surface area (Å²) < 4.78 is 0. The van der Waals surface area contributed by atoms with E-state index in [0.29, 0.717) is 6.04 Å². The standard InChI is InChI=1S/C16H23N3/c1-4-19(12-11-17-13(2)3)16-9-10-18-15-8-6-5-7-14(15)16/h5-10,13,17H,4,11-12H2,1-3H3. The van der Waals surface area contributed by atoms with Crippen molar-refractivity contribution in [2.75, 3.05) is 24.5 Å². The molecule has 0 saturated heterocycles.